The number of hydrogen-bond donors (Lipinski definition) is 0. The second-order valence-electron chi connectivity index (χ2n) is 14.8. The van der Waals surface area contributed by atoms with E-state index in [4.69, 9.17) is 0 Å². The molecule has 5 aliphatic carbocycles. The number of ketones is 1. The average Bonchev–Trinajstić information content (AvgIpc) is 2.76. The molecule has 32 heavy (non-hydrogen) atoms. The summed E-state index contributed by atoms with van der Waals surface area (Å²) < 4.78 is 0. The molecule has 0 saturated heterocycles. The first kappa shape index (κ1) is 23.1. The number of carbonyl (C=O) groups excluding carboxylic acids is 2. The van der Waals surface area contributed by atoms with Crippen LogP contribution in [-0.2, 0) is 9.59 Å². The quantitative estimate of drug-likeness (QED) is 0.393. The van der Waals surface area contributed by atoms with E-state index in [9.17, 15) is 9.59 Å². The third-order valence-corrected chi connectivity index (χ3v) is 14.1. The number of aldehydes is 1. The number of fused-ring (bicyclic) bond motifs is 7. The Bertz CT molecular complexity index is 833. The molecule has 0 bridgehead atoms. The molecule has 0 amide bonds. The third-order valence-electron chi connectivity index (χ3n) is 14.1. The molecular weight excluding hydrogens is 392 g/mol. The summed E-state index contributed by atoms with van der Waals surface area (Å²) in [5.41, 5.74) is 1.42. The molecule has 2 nitrogen and oxygen atoms in total. The van der Waals surface area contributed by atoms with Gasteiger partial charge in [-0.25, -0.2) is 0 Å². The van der Waals surface area contributed by atoms with Gasteiger partial charge >= 0.3 is 0 Å². The normalized spacial score (nSPS) is 59.9. The summed E-state index contributed by atoms with van der Waals surface area (Å²) in [5.74, 6) is 2.91. The first-order chi connectivity index (χ1) is 14.8. The minimum Gasteiger partial charge on any atom is -0.303 e. The van der Waals surface area contributed by atoms with Crippen molar-refractivity contribution in [2.75, 3.05) is 0 Å². The van der Waals surface area contributed by atoms with Gasteiger partial charge in [0.15, 0.2) is 0 Å². The number of hydrogen-bond acceptors (Lipinski definition) is 2. The maximum absolute atomic E-state index is 12.8. The van der Waals surface area contributed by atoms with Gasteiger partial charge in [0.25, 0.3) is 0 Å². The fraction of sp³-hybridized carbons (Fsp3) is 0.933. The van der Waals surface area contributed by atoms with Crippen LogP contribution in [0.5, 0.6) is 0 Å². The number of carbonyl (C=O) groups is 2. The Balaban J connectivity index is 1.54. The van der Waals surface area contributed by atoms with Crippen LogP contribution >= 0.6 is 0 Å². The topological polar surface area (TPSA) is 34.1 Å². The van der Waals surface area contributed by atoms with E-state index in [2.05, 4.69) is 48.5 Å². The molecule has 0 aliphatic heterocycles. The number of Topliss-reactive ketones (excluding diaryl/α,β-unsaturated/α-hetero) is 1. The molecule has 5 rings (SSSR count). The van der Waals surface area contributed by atoms with E-state index in [0.717, 1.165) is 37.5 Å². The Labute approximate surface area is 197 Å². The monoisotopic (exact) mass is 440 g/mol. The van der Waals surface area contributed by atoms with Crippen molar-refractivity contribution in [3.05, 3.63) is 0 Å². The summed E-state index contributed by atoms with van der Waals surface area (Å²) in [7, 11) is 0. The molecule has 0 radical (unpaired) electrons. The minimum absolute atomic E-state index is 0.126. The predicted molar refractivity (Wildman–Crippen MR) is 130 cm³/mol. The van der Waals surface area contributed by atoms with Crippen LogP contribution in [0.25, 0.3) is 0 Å². The maximum Gasteiger partial charge on any atom is 0.136 e. The Morgan fingerprint density at radius 1 is 0.719 bits per heavy atom. The molecule has 5 saturated carbocycles. The first-order valence-electron chi connectivity index (χ1n) is 13.8. The molecule has 10 atom stereocenters. The van der Waals surface area contributed by atoms with Gasteiger partial charge in [-0.3, -0.25) is 4.79 Å². The molecule has 5 aliphatic rings. The highest BCUT2D eigenvalue weighted by atomic mass is 16.1. The summed E-state index contributed by atoms with van der Waals surface area (Å²) in [6, 6.07) is 0. The van der Waals surface area contributed by atoms with Crippen molar-refractivity contribution in [3.8, 4) is 0 Å². The highest BCUT2D eigenvalue weighted by Crippen LogP contribution is 2.77. The molecule has 5 fully saturated rings. The van der Waals surface area contributed by atoms with Gasteiger partial charge in [0.1, 0.15) is 12.1 Å². The molecule has 0 aromatic heterocycles. The highest BCUT2D eigenvalue weighted by molar-refractivity contribution is 5.82. The zero-order valence-electron chi connectivity index (χ0n) is 22.0. The molecule has 0 aromatic carbocycles. The average molecular weight is 441 g/mol. The molecule has 180 valence electrons. The lowest BCUT2D eigenvalue weighted by Gasteiger charge is -2.74. The van der Waals surface area contributed by atoms with Gasteiger partial charge in [-0.2, -0.15) is 0 Å². The fourth-order valence-electron chi connectivity index (χ4n) is 10.9. The van der Waals surface area contributed by atoms with Gasteiger partial charge in [-0.05, 0) is 109 Å². The van der Waals surface area contributed by atoms with Gasteiger partial charge in [0.2, 0.25) is 0 Å². The van der Waals surface area contributed by atoms with E-state index in [1.165, 1.54) is 51.2 Å². The van der Waals surface area contributed by atoms with Gasteiger partial charge in [-0.15, -0.1) is 0 Å². The van der Waals surface area contributed by atoms with E-state index in [1.807, 2.05) is 0 Å². The maximum atomic E-state index is 12.8. The molecule has 0 aromatic rings. The van der Waals surface area contributed by atoms with Crippen molar-refractivity contribution in [2.45, 2.75) is 119 Å². The highest BCUT2D eigenvalue weighted by Gasteiger charge is 2.70. The summed E-state index contributed by atoms with van der Waals surface area (Å²) in [6.45, 7) is 17.4. The lowest BCUT2D eigenvalue weighted by atomic mass is 9.31. The van der Waals surface area contributed by atoms with E-state index in [0.29, 0.717) is 27.9 Å². The Morgan fingerprint density at radius 2 is 1.28 bits per heavy atom. The van der Waals surface area contributed by atoms with Gasteiger partial charge < -0.3 is 4.79 Å². The first-order valence-corrected chi connectivity index (χ1v) is 13.8. The molecule has 2 heteroatoms. The van der Waals surface area contributed by atoms with Crippen molar-refractivity contribution < 1.29 is 9.59 Å². The Kier molecular flexibility index (Phi) is 4.85. The smallest absolute Gasteiger partial charge is 0.136 e. The van der Waals surface area contributed by atoms with Crippen molar-refractivity contribution in [1.82, 2.24) is 0 Å². The van der Waals surface area contributed by atoms with E-state index in [-0.39, 0.29) is 22.2 Å². The van der Waals surface area contributed by atoms with Crippen LogP contribution in [-0.4, -0.2) is 12.1 Å². The van der Waals surface area contributed by atoms with Gasteiger partial charge in [0, 0.05) is 17.8 Å². The number of rotatable bonds is 1. The van der Waals surface area contributed by atoms with E-state index < -0.39 is 0 Å². The Hall–Kier alpha value is -0.660. The Morgan fingerprint density at radius 3 is 1.91 bits per heavy atom. The van der Waals surface area contributed by atoms with Gasteiger partial charge in [-0.1, -0.05) is 48.5 Å². The van der Waals surface area contributed by atoms with Gasteiger partial charge in [0.05, 0.1) is 0 Å². The van der Waals surface area contributed by atoms with Crippen molar-refractivity contribution >= 4 is 12.1 Å². The summed E-state index contributed by atoms with van der Waals surface area (Å²) in [5, 5.41) is 0. The second-order valence-corrected chi connectivity index (χ2v) is 14.8. The zero-order valence-corrected chi connectivity index (χ0v) is 22.0. The molecular formula is C30H48O2. The molecule has 0 unspecified atom stereocenters. The van der Waals surface area contributed by atoms with Crippen molar-refractivity contribution in [1.29, 1.82) is 0 Å². The van der Waals surface area contributed by atoms with Crippen LogP contribution in [0.1, 0.15) is 119 Å². The zero-order chi connectivity index (χ0) is 23.4. The third kappa shape index (κ3) is 2.59. The predicted octanol–water partition coefficient (Wildman–Crippen LogP) is 7.64. The lowest BCUT2D eigenvalue weighted by Crippen LogP contribution is -2.67. The van der Waals surface area contributed by atoms with Crippen LogP contribution in [0.4, 0.5) is 0 Å². The minimum atomic E-state index is -0.126. The van der Waals surface area contributed by atoms with Crippen molar-refractivity contribution in [3.63, 3.8) is 0 Å². The standard InChI is InChI=1S/C30H48O2/c1-20-23(32)10-13-28(5)21-9-12-30(7)24-18-25(2,19-31)14-15-26(24,3)16-17-29(30,6)22(21)8-11-27(20,28)4/h19-22,24H,8-18H2,1-7H3/t20-,21+,22-,24+,25+,26+,27+,28-,29+,30-/m0/s1. The molecule has 0 spiro atoms. The fourth-order valence-corrected chi connectivity index (χ4v) is 10.9. The van der Waals surface area contributed by atoms with Crippen LogP contribution in [0.2, 0.25) is 0 Å². The summed E-state index contributed by atoms with van der Waals surface area (Å²) in [6.07, 6.45) is 14.4. The van der Waals surface area contributed by atoms with Crippen LogP contribution in [0.3, 0.4) is 0 Å². The largest absolute Gasteiger partial charge is 0.303 e. The summed E-state index contributed by atoms with van der Waals surface area (Å²) in [4.78, 5) is 24.8. The molecule has 0 heterocycles. The van der Waals surface area contributed by atoms with Crippen molar-refractivity contribution in [2.24, 2.45) is 56.2 Å². The summed E-state index contributed by atoms with van der Waals surface area (Å²) >= 11 is 0. The van der Waals surface area contributed by atoms with E-state index in [1.54, 1.807) is 0 Å². The van der Waals surface area contributed by atoms with E-state index >= 15 is 0 Å². The SMILES string of the molecule is C[C@H]1C(=O)CC[C@@]2(C)[C@@H]3CC[C@@]4(C)[C@@H]5C[C@](C)(C=O)CC[C@]5(C)CC[C@]4(C)[C@H]3CC[C@]12C. The van der Waals surface area contributed by atoms with Crippen LogP contribution in [0, 0.1) is 56.2 Å². The second kappa shape index (κ2) is 6.72. The lowest BCUT2D eigenvalue weighted by molar-refractivity contribution is -0.247. The van der Waals surface area contributed by atoms with Crippen LogP contribution in [0.15, 0.2) is 0 Å². The molecule has 0 N–H and O–H groups in total. The van der Waals surface area contributed by atoms with Crippen LogP contribution < -0.4 is 0 Å².